The van der Waals surface area contributed by atoms with Gasteiger partial charge in [0.25, 0.3) is 0 Å². The highest BCUT2D eigenvalue weighted by molar-refractivity contribution is 6.15. The van der Waals surface area contributed by atoms with Gasteiger partial charge >= 0.3 is 0 Å². The zero-order valence-corrected chi connectivity index (χ0v) is 20.2. The maximum Gasteiger partial charge on any atom is 0.231 e. The van der Waals surface area contributed by atoms with Crippen LogP contribution in [-0.4, -0.2) is 77.6 Å². The molecule has 0 unspecified atom stereocenters. The third-order valence-electron chi connectivity index (χ3n) is 5.51. The second-order valence-electron chi connectivity index (χ2n) is 7.60. The minimum Gasteiger partial charge on any atom is -0.507 e. The van der Waals surface area contributed by atoms with Gasteiger partial charge in [-0.2, -0.15) is 0 Å². The normalized spacial score (nSPS) is 13.8. The van der Waals surface area contributed by atoms with Gasteiger partial charge in [-0.05, 0) is 35.9 Å². The second kappa shape index (κ2) is 11.7. The Hall–Kier alpha value is -3.27. The molecular formula is C25H31NO8. The van der Waals surface area contributed by atoms with Crippen LogP contribution in [0.3, 0.4) is 0 Å². The molecular weight excluding hydrogens is 442 g/mol. The van der Waals surface area contributed by atoms with Gasteiger partial charge in [-0.25, -0.2) is 0 Å². The average molecular weight is 474 g/mol. The van der Waals surface area contributed by atoms with E-state index in [1.807, 2.05) is 0 Å². The van der Waals surface area contributed by atoms with Gasteiger partial charge in [0.15, 0.2) is 17.3 Å². The second-order valence-corrected chi connectivity index (χ2v) is 7.60. The number of allylic oxidation sites excluding steroid dienone is 1. The summed E-state index contributed by atoms with van der Waals surface area (Å²) >= 11 is 0. The Morgan fingerprint density at radius 2 is 1.56 bits per heavy atom. The highest BCUT2D eigenvalue weighted by Crippen LogP contribution is 2.42. The van der Waals surface area contributed by atoms with Crippen molar-refractivity contribution in [1.82, 2.24) is 4.90 Å². The predicted octanol–water partition coefficient (Wildman–Crippen LogP) is 3.13. The van der Waals surface area contributed by atoms with E-state index < -0.39 is 0 Å². The van der Waals surface area contributed by atoms with E-state index in [9.17, 15) is 9.90 Å². The fourth-order valence-corrected chi connectivity index (χ4v) is 3.72. The lowest BCUT2D eigenvalue weighted by atomic mass is 10.0. The summed E-state index contributed by atoms with van der Waals surface area (Å²) < 4.78 is 32.5. The fraction of sp³-hybridized carbons (Fsp3) is 0.400. The van der Waals surface area contributed by atoms with Crippen LogP contribution in [0.5, 0.6) is 28.7 Å². The molecule has 0 fully saturated rings. The number of fused-ring (bicyclic) bond motifs is 1. The lowest BCUT2D eigenvalue weighted by molar-refractivity contribution is 0.101. The number of phenolic OH excluding ortho intramolecular Hbond substituents is 1. The Kier molecular flexibility index (Phi) is 8.75. The number of rotatable bonds is 12. The number of phenols is 1. The molecule has 0 atom stereocenters. The molecule has 2 aromatic rings. The van der Waals surface area contributed by atoms with Crippen molar-refractivity contribution < 1.29 is 38.3 Å². The number of hydrogen-bond acceptors (Lipinski definition) is 9. The molecule has 0 aromatic heterocycles. The quantitative estimate of drug-likeness (QED) is 0.467. The maximum absolute atomic E-state index is 13.1. The van der Waals surface area contributed by atoms with E-state index in [1.54, 1.807) is 38.5 Å². The molecule has 9 nitrogen and oxygen atoms in total. The summed E-state index contributed by atoms with van der Waals surface area (Å²) in [6.07, 6.45) is 1.61. The summed E-state index contributed by atoms with van der Waals surface area (Å²) in [4.78, 5) is 15.2. The SMILES string of the molecule is COCCN(CCOC)Cc1c(O)ccc2c1O/C(=C\c1cc(OC)c(OC)c(OC)c1)C2=O. The number of Topliss-reactive ketones (excluding diaryl/α,β-unsaturated/α-hetero) is 1. The number of nitrogens with zero attached hydrogens (tertiary/aromatic N) is 1. The third-order valence-corrected chi connectivity index (χ3v) is 5.51. The van der Waals surface area contributed by atoms with Gasteiger partial charge in [-0.1, -0.05) is 0 Å². The van der Waals surface area contributed by atoms with E-state index in [4.69, 9.17) is 28.4 Å². The molecule has 0 saturated heterocycles. The van der Waals surface area contributed by atoms with E-state index in [0.717, 1.165) is 0 Å². The number of carbonyl (C=O) groups excluding carboxylic acids is 1. The maximum atomic E-state index is 13.1. The topological polar surface area (TPSA) is 95.9 Å². The monoisotopic (exact) mass is 473 g/mol. The third kappa shape index (κ3) is 5.44. The molecule has 1 aliphatic heterocycles. The summed E-state index contributed by atoms with van der Waals surface area (Å²) in [5.41, 5.74) is 1.56. The smallest absolute Gasteiger partial charge is 0.231 e. The van der Waals surface area contributed by atoms with E-state index >= 15 is 0 Å². The molecule has 0 bridgehead atoms. The van der Waals surface area contributed by atoms with Crippen LogP contribution in [0, 0.1) is 0 Å². The highest BCUT2D eigenvalue weighted by atomic mass is 16.5. The molecule has 9 heteroatoms. The largest absolute Gasteiger partial charge is 0.507 e. The lowest BCUT2D eigenvalue weighted by Gasteiger charge is -2.23. The zero-order chi connectivity index (χ0) is 24.7. The molecule has 1 N–H and O–H groups in total. The van der Waals surface area contributed by atoms with Crippen molar-refractivity contribution in [3.63, 3.8) is 0 Å². The summed E-state index contributed by atoms with van der Waals surface area (Å²) in [6, 6.07) is 6.54. The van der Waals surface area contributed by atoms with Gasteiger partial charge < -0.3 is 33.5 Å². The number of methoxy groups -OCH3 is 5. The van der Waals surface area contributed by atoms with Crippen molar-refractivity contribution in [3.05, 3.63) is 46.7 Å². The van der Waals surface area contributed by atoms with Crippen molar-refractivity contribution in [2.45, 2.75) is 6.54 Å². The number of benzene rings is 2. The Bertz CT molecular complexity index is 1020. The first kappa shape index (κ1) is 25.4. The van der Waals surface area contributed by atoms with Crippen molar-refractivity contribution >= 4 is 11.9 Å². The minimum absolute atomic E-state index is 0.0559. The van der Waals surface area contributed by atoms with Crippen LogP contribution in [0.4, 0.5) is 0 Å². The van der Waals surface area contributed by atoms with Crippen LogP contribution < -0.4 is 18.9 Å². The first-order valence-corrected chi connectivity index (χ1v) is 10.8. The Labute approximate surface area is 199 Å². The Morgan fingerprint density at radius 3 is 2.09 bits per heavy atom. The first-order chi connectivity index (χ1) is 16.5. The van der Waals surface area contributed by atoms with Crippen molar-refractivity contribution in [1.29, 1.82) is 0 Å². The minimum atomic E-state index is -0.273. The van der Waals surface area contributed by atoms with Gasteiger partial charge in [0.05, 0.1) is 45.7 Å². The number of ether oxygens (including phenoxy) is 6. The molecule has 0 radical (unpaired) electrons. The Morgan fingerprint density at radius 1 is 0.941 bits per heavy atom. The number of hydrogen-bond donors (Lipinski definition) is 1. The van der Waals surface area contributed by atoms with E-state index in [2.05, 4.69) is 4.90 Å². The highest BCUT2D eigenvalue weighted by Gasteiger charge is 2.32. The van der Waals surface area contributed by atoms with E-state index in [1.165, 1.54) is 27.4 Å². The van der Waals surface area contributed by atoms with Crippen LogP contribution in [-0.2, 0) is 16.0 Å². The van der Waals surface area contributed by atoms with Crippen LogP contribution in [0.1, 0.15) is 21.5 Å². The molecule has 0 spiro atoms. The standard InChI is InChI=1S/C25H31NO8/c1-29-10-8-26(9-11-30-2)15-18-19(27)7-6-17-23(28)20(34-24(17)18)12-16-13-21(31-3)25(33-5)22(14-16)32-4/h6-7,12-14,27H,8-11,15H2,1-5H3/b20-12-. The predicted molar refractivity (Wildman–Crippen MR) is 126 cm³/mol. The summed E-state index contributed by atoms with van der Waals surface area (Å²) in [7, 11) is 7.84. The van der Waals surface area contributed by atoms with Crippen molar-refractivity contribution in [2.75, 3.05) is 61.9 Å². The van der Waals surface area contributed by atoms with Crippen molar-refractivity contribution in [2.24, 2.45) is 0 Å². The fourth-order valence-electron chi connectivity index (χ4n) is 3.72. The first-order valence-electron chi connectivity index (χ1n) is 10.8. The van der Waals surface area contributed by atoms with Gasteiger partial charge in [0.1, 0.15) is 11.5 Å². The van der Waals surface area contributed by atoms with Crippen LogP contribution in [0.25, 0.3) is 6.08 Å². The van der Waals surface area contributed by atoms with Gasteiger partial charge in [-0.15, -0.1) is 0 Å². The molecule has 1 aliphatic rings. The molecule has 0 amide bonds. The van der Waals surface area contributed by atoms with Crippen LogP contribution in [0.2, 0.25) is 0 Å². The van der Waals surface area contributed by atoms with Crippen molar-refractivity contribution in [3.8, 4) is 28.7 Å². The molecule has 0 saturated carbocycles. The molecule has 0 aliphatic carbocycles. The van der Waals surface area contributed by atoms with Crippen LogP contribution >= 0.6 is 0 Å². The van der Waals surface area contributed by atoms with E-state index in [-0.39, 0.29) is 17.3 Å². The number of aromatic hydroxyl groups is 1. The molecule has 3 rings (SSSR count). The van der Waals surface area contributed by atoms with Gasteiger partial charge in [0.2, 0.25) is 11.5 Å². The molecule has 34 heavy (non-hydrogen) atoms. The van der Waals surface area contributed by atoms with E-state index in [0.29, 0.717) is 72.5 Å². The lowest BCUT2D eigenvalue weighted by Crippen LogP contribution is -2.30. The average Bonchev–Trinajstić information content (AvgIpc) is 3.16. The number of carbonyl (C=O) groups is 1. The zero-order valence-electron chi connectivity index (χ0n) is 20.2. The summed E-state index contributed by atoms with van der Waals surface area (Å²) in [5.74, 6) is 1.64. The number of ketones is 1. The van der Waals surface area contributed by atoms with Crippen LogP contribution in [0.15, 0.2) is 30.0 Å². The summed E-state index contributed by atoms with van der Waals surface area (Å²) in [6.45, 7) is 2.67. The van der Waals surface area contributed by atoms with Gasteiger partial charge in [0, 0.05) is 33.9 Å². The molecule has 2 aromatic carbocycles. The molecule has 184 valence electrons. The summed E-state index contributed by atoms with van der Waals surface area (Å²) in [5, 5.41) is 10.6. The molecule has 1 heterocycles. The Balaban J connectivity index is 1.95. The van der Waals surface area contributed by atoms with Gasteiger partial charge in [-0.3, -0.25) is 9.69 Å².